The van der Waals surface area contributed by atoms with Crippen LogP contribution in [-0.4, -0.2) is 14.5 Å². The molecule has 0 bridgehead atoms. The molecule has 12 heavy (non-hydrogen) atoms. The predicted octanol–water partition coefficient (Wildman–Crippen LogP) is 0.570. The van der Waals surface area contributed by atoms with Crippen molar-refractivity contribution < 1.29 is 0 Å². The number of hydrogen-bond donors (Lipinski definition) is 1. The van der Waals surface area contributed by atoms with Gasteiger partial charge in [-0.1, -0.05) is 0 Å². The van der Waals surface area contributed by atoms with E-state index in [-0.39, 0.29) is 5.56 Å². The number of aryl methyl sites for hydroxylation is 2. The average molecular weight is 163 g/mol. The van der Waals surface area contributed by atoms with E-state index >= 15 is 0 Å². The number of fused-ring (bicyclic) bond motifs is 1. The van der Waals surface area contributed by atoms with Crippen LogP contribution in [0.1, 0.15) is 5.56 Å². The molecule has 0 saturated carbocycles. The summed E-state index contributed by atoms with van der Waals surface area (Å²) in [4.78, 5) is 17.9. The van der Waals surface area contributed by atoms with Crippen LogP contribution in [0, 0.1) is 6.92 Å². The molecule has 0 unspecified atom stereocenters. The van der Waals surface area contributed by atoms with E-state index in [4.69, 9.17) is 0 Å². The first-order valence-corrected chi connectivity index (χ1v) is 3.69. The smallest absolute Gasteiger partial charge is 0.275 e. The molecule has 1 N–H and O–H groups in total. The molecule has 2 heterocycles. The van der Waals surface area contributed by atoms with Crippen LogP contribution in [0.2, 0.25) is 0 Å². The summed E-state index contributed by atoms with van der Waals surface area (Å²) in [6.07, 6.45) is 3.32. The lowest BCUT2D eigenvalue weighted by molar-refractivity contribution is 0.950. The summed E-state index contributed by atoms with van der Waals surface area (Å²) in [5.41, 5.74) is 2.35. The van der Waals surface area contributed by atoms with Crippen molar-refractivity contribution in [2.45, 2.75) is 6.92 Å². The SMILES string of the molecule is Cc1cn(C)c2c(=O)[nH]cnc12. The Hall–Kier alpha value is -1.58. The molecule has 0 radical (unpaired) electrons. The molecule has 0 atom stereocenters. The second-order valence-corrected chi connectivity index (χ2v) is 2.85. The molecule has 4 heteroatoms. The Bertz CT molecular complexity index is 480. The molecular weight excluding hydrogens is 154 g/mol. The lowest BCUT2D eigenvalue weighted by Crippen LogP contribution is -2.08. The molecule has 0 saturated heterocycles. The topological polar surface area (TPSA) is 50.7 Å². The summed E-state index contributed by atoms with van der Waals surface area (Å²) >= 11 is 0. The lowest BCUT2D eigenvalue weighted by Gasteiger charge is -1.91. The lowest BCUT2D eigenvalue weighted by atomic mass is 10.3. The Morgan fingerprint density at radius 2 is 2.33 bits per heavy atom. The van der Waals surface area contributed by atoms with Gasteiger partial charge < -0.3 is 9.55 Å². The third-order valence-electron chi connectivity index (χ3n) is 1.94. The second-order valence-electron chi connectivity index (χ2n) is 2.85. The summed E-state index contributed by atoms with van der Waals surface area (Å²) < 4.78 is 1.79. The first kappa shape index (κ1) is 7.09. The van der Waals surface area contributed by atoms with Crippen LogP contribution in [0.15, 0.2) is 17.3 Å². The van der Waals surface area contributed by atoms with E-state index in [1.165, 1.54) is 6.33 Å². The Morgan fingerprint density at radius 1 is 1.58 bits per heavy atom. The molecule has 0 aromatic carbocycles. The largest absolute Gasteiger partial charge is 0.344 e. The van der Waals surface area contributed by atoms with Gasteiger partial charge in [0.1, 0.15) is 5.52 Å². The summed E-state index contributed by atoms with van der Waals surface area (Å²) in [5.74, 6) is 0. The van der Waals surface area contributed by atoms with Crippen molar-refractivity contribution in [3.63, 3.8) is 0 Å². The zero-order chi connectivity index (χ0) is 8.72. The van der Waals surface area contributed by atoms with Gasteiger partial charge in [-0.3, -0.25) is 4.79 Å². The minimum atomic E-state index is -0.0874. The number of rotatable bonds is 0. The Morgan fingerprint density at radius 3 is 3.00 bits per heavy atom. The Balaban J connectivity index is 3.09. The highest BCUT2D eigenvalue weighted by Crippen LogP contribution is 2.11. The van der Waals surface area contributed by atoms with E-state index in [2.05, 4.69) is 9.97 Å². The molecule has 4 nitrogen and oxygen atoms in total. The third kappa shape index (κ3) is 0.777. The zero-order valence-electron chi connectivity index (χ0n) is 6.96. The quantitative estimate of drug-likeness (QED) is 0.617. The van der Waals surface area contributed by atoms with Crippen LogP contribution in [0.5, 0.6) is 0 Å². The van der Waals surface area contributed by atoms with Gasteiger partial charge in [0.25, 0.3) is 5.56 Å². The molecule has 0 aliphatic rings. The van der Waals surface area contributed by atoms with Crippen molar-refractivity contribution in [2.75, 3.05) is 0 Å². The van der Waals surface area contributed by atoms with E-state index in [1.54, 1.807) is 4.57 Å². The summed E-state index contributed by atoms with van der Waals surface area (Å²) in [6, 6.07) is 0. The van der Waals surface area contributed by atoms with E-state index < -0.39 is 0 Å². The highest BCUT2D eigenvalue weighted by atomic mass is 16.1. The average Bonchev–Trinajstić information content (AvgIpc) is 2.29. The molecular formula is C8H9N3O. The summed E-state index contributed by atoms with van der Waals surface area (Å²) in [6.45, 7) is 1.94. The fourth-order valence-corrected chi connectivity index (χ4v) is 1.42. The fourth-order valence-electron chi connectivity index (χ4n) is 1.42. The number of hydrogen-bond acceptors (Lipinski definition) is 2. The number of H-pyrrole nitrogens is 1. The van der Waals surface area contributed by atoms with Gasteiger partial charge in [0.2, 0.25) is 0 Å². The van der Waals surface area contributed by atoms with Crippen LogP contribution in [0.25, 0.3) is 11.0 Å². The molecule has 0 aliphatic carbocycles. The predicted molar refractivity (Wildman–Crippen MR) is 46.1 cm³/mol. The van der Waals surface area contributed by atoms with Crippen LogP contribution in [-0.2, 0) is 7.05 Å². The van der Waals surface area contributed by atoms with Crippen molar-refractivity contribution in [3.8, 4) is 0 Å². The highest BCUT2D eigenvalue weighted by Gasteiger charge is 2.06. The monoisotopic (exact) mass is 163 g/mol. The minimum Gasteiger partial charge on any atom is -0.344 e. The Kier molecular flexibility index (Phi) is 1.30. The maximum Gasteiger partial charge on any atom is 0.275 e. The fraction of sp³-hybridized carbons (Fsp3) is 0.250. The maximum absolute atomic E-state index is 11.3. The van der Waals surface area contributed by atoms with Crippen LogP contribution >= 0.6 is 0 Å². The molecule has 2 rings (SSSR count). The van der Waals surface area contributed by atoms with Gasteiger partial charge in [0, 0.05) is 13.2 Å². The standard InChI is InChI=1S/C8H9N3O/c1-5-3-11(2)7-6(5)9-4-10-8(7)12/h3-4H,1-2H3,(H,9,10,12). The third-order valence-corrected chi connectivity index (χ3v) is 1.94. The molecule has 62 valence electrons. The first-order valence-electron chi connectivity index (χ1n) is 3.69. The van der Waals surface area contributed by atoms with Crippen molar-refractivity contribution in [2.24, 2.45) is 7.05 Å². The van der Waals surface area contributed by atoms with Gasteiger partial charge in [-0.25, -0.2) is 4.98 Å². The van der Waals surface area contributed by atoms with Gasteiger partial charge in [-0.15, -0.1) is 0 Å². The van der Waals surface area contributed by atoms with Gasteiger partial charge in [-0.05, 0) is 12.5 Å². The van der Waals surface area contributed by atoms with Crippen LogP contribution < -0.4 is 5.56 Å². The molecule has 0 spiro atoms. The zero-order valence-corrected chi connectivity index (χ0v) is 6.96. The Labute approximate surface area is 68.9 Å². The second kappa shape index (κ2) is 2.20. The van der Waals surface area contributed by atoms with Gasteiger partial charge in [0.15, 0.2) is 0 Å². The van der Waals surface area contributed by atoms with Crippen LogP contribution in [0.4, 0.5) is 0 Å². The van der Waals surface area contributed by atoms with E-state index in [0.717, 1.165) is 11.1 Å². The summed E-state index contributed by atoms with van der Waals surface area (Å²) in [5, 5.41) is 0. The number of nitrogens with zero attached hydrogens (tertiary/aromatic N) is 2. The number of aromatic amines is 1. The van der Waals surface area contributed by atoms with Crippen molar-refractivity contribution in [1.29, 1.82) is 0 Å². The van der Waals surface area contributed by atoms with Crippen molar-refractivity contribution in [1.82, 2.24) is 14.5 Å². The molecule has 0 fully saturated rings. The molecule has 2 aromatic rings. The minimum absolute atomic E-state index is 0.0874. The molecule has 2 aromatic heterocycles. The first-order chi connectivity index (χ1) is 5.70. The van der Waals surface area contributed by atoms with Gasteiger partial charge in [0.05, 0.1) is 11.8 Å². The normalized spacial score (nSPS) is 10.8. The molecule has 0 aliphatic heterocycles. The maximum atomic E-state index is 11.3. The van der Waals surface area contributed by atoms with E-state index in [0.29, 0.717) is 5.52 Å². The number of aromatic nitrogens is 3. The van der Waals surface area contributed by atoms with Crippen LogP contribution in [0.3, 0.4) is 0 Å². The number of nitrogens with one attached hydrogen (secondary N) is 1. The van der Waals surface area contributed by atoms with Gasteiger partial charge in [-0.2, -0.15) is 0 Å². The summed E-state index contributed by atoms with van der Waals surface area (Å²) in [7, 11) is 1.84. The van der Waals surface area contributed by atoms with E-state index in [1.807, 2.05) is 20.2 Å². The molecule has 0 amide bonds. The van der Waals surface area contributed by atoms with Crippen molar-refractivity contribution in [3.05, 3.63) is 28.4 Å². The highest BCUT2D eigenvalue weighted by molar-refractivity contribution is 5.77. The van der Waals surface area contributed by atoms with E-state index in [9.17, 15) is 4.79 Å². The van der Waals surface area contributed by atoms with Crippen molar-refractivity contribution >= 4 is 11.0 Å². The van der Waals surface area contributed by atoms with Gasteiger partial charge >= 0.3 is 0 Å².